The number of para-hydroxylation sites is 1. The molecule has 3 heterocycles. The predicted octanol–water partition coefficient (Wildman–Crippen LogP) is 4.34. The standard InChI is InChI=1S/C28H33N3O3/c1-20-6-5-8-22(16-20)26(30-11-14-33-15-12-30)18-29-28(32)27-24(10-13-34-27)19-31-21(2)17-23-7-3-4-9-25(23)31/h3-10,13,16,21,26H,11-12,14-15,17-19H2,1-2H3,(H,29,32). The van der Waals surface area contributed by atoms with Crippen LogP contribution in [0.4, 0.5) is 5.69 Å². The molecule has 0 bridgehead atoms. The number of rotatable bonds is 7. The zero-order chi connectivity index (χ0) is 23.5. The highest BCUT2D eigenvalue weighted by molar-refractivity contribution is 5.93. The third kappa shape index (κ3) is 4.74. The lowest BCUT2D eigenvalue weighted by Crippen LogP contribution is -2.44. The second-order valence-corrected chi connectivity index (χ2v) is 9.37. The van der Waals surface area contributed by atoms with Crippen molar-refractivity contribution in [3.63, 3.8) is 0 Å². The van der Waals surface area contributed by atoms with Crippen LogP contribution in [0.15, 0.2) is 65.3 Å². The molecule has 34 heavy (non-hydrogen) atoms. The highest BCUT2D eigenvalue weighted by Gasteiger charge is 2.28. The number of aryl methyl sites for hydroxylation is 1. The molecule has 0 saturated carbocycles. The van der Waals surface area contributed by atoms with E-state index in [-0.39, 0.29) is 11.9 Å². The minimum absolute atomic E-state index is 0.0941. The molecule has 1 saturated heterocycles. The minimum Gasteiger partial charge on any atom is -0.459 e. The number of nitrogens with one attached hydrogen (secondary N) is 1. The first-order valence-electron chi connectivity index (χ1n) is 12.2. The monoisotopic (exact) mass is 459 g/mol. The lowest BCUT2D eigenvalue weighted by Gasteiger charge is -2.35. The van der Waals surface area contributed by atoms with E-state index in [0.717, 1.165) is 25.1 Å². The summed E-state index contributed by atoms with van der Waals surface area (Å²) in [6.45, 7) is 8.65. The number of carbonyl (C=O) groups is 1. The van der Waals surface area contributed by atoms with Gasteiger partial charge in [-0.3, -0.25) is 9.69 Å². The Morgan fingerprint density at radius 2 is 1.94 bits per heavy atom. The summed E-state index contributed by atoms with van der Waals surface area (Å²) in [7, 11) is 0. The van der Waals surface area contributed by atoms with E-state index in [1.165, 1.54) is 22.4 Å². The Balaban J connectivity index is 1.30. The zero-order valence-electron chi connectivity index (χ0n) is 20.0. The summed E-state index contributed by atoms with van der Waals surface area (Å²) in [5.74, 6) is 0.243. The summed E-state index contributed by atoms with van der Waals surface area (Å²) in [6.07, 6.45) is 2.64. The number of hydrogen-bond acceptors (Lipinski definition) is 5. The summed E-state index contributed by atoms with van der Waals surface area (Å²) in [6, 6.07) is 19.4. The highest BCUT2D eigenvalue weighted by atomic mass is 16.5. The SMILES string of the molecule is Cc1cccc(C(CNC(=O)c2occc2CN2c3ccccc3CC2C)N2CCOCC2)c1. The first kappa shape index (κ1) is 22.7. The van der Waals surface area contributed by atoms with Crippen LogP contribution in [0.2, 0.25) is 0 Å². The quantitative estimate of drug-likeness (QED) is 0.570. The summed E-state index contributed by atoms with van der Waals surface area (Å²) in [5, 5.41) is 3.16. The molecule has 0 spiro atoms. The van der Waals surface area contributed by atoms with E-state index in [2.05, 4.69) is 77.5 Å². The van der Waals surface area contributed by atoms with Crippen LogP contribution in [-0.4, -0.2) is 49.7 Å². The summed E-state index contributed by atoms with van der Waals surface area (Å²) in [5.41, 5.74) is 5.95. The maximum absolute atomic E-state index is 13.2. The Kier molecular flexibility index (Phi) is 6.70. The number of fused-ring (bicyclic) bond motifs is 1. The molecule has 0 aliphatic carbocycles. The maximum atomic E-state index is 13.2. The molecule has 2 aromatic carbocycles. The third-order valence-electron chi connectivity index (χ3n) is 7.01. The number of hydrogen-bond donors (Lipinski definition) is 1. The second kappa shape index (κ2) is 10.0. The van der Waals surface area contributed by atoms with Gasteiger partial charge in [-0.2, -0.15) is 0 Å². The zero-order valence-corrected chi connectivity index (χ0v) is 20.0. The maximum Gasteiger partial charge on any atom is 0.287 e. The number of morpholine rings is 1. The fourth-order valence-corrected chi connectivity index (χ4v) is 5.21. The van der Waals surface area contributed by atoms with E-state index in [1.54, 1.807) is 6.26 Å². The normalized spacial score (nSPS) is 19.1. The van der Waals surface area contributed by atoms with Crippen LogP contribution < -0.4 is 10.2 Å². The number of benzene rings is 2. The van der Waals surface area contributed by atoms with Gasteiger partial charge in [0, 0.05) is 43.5 Å². The number of nitrogens with zero attached hydrogens (tertiary/aromatic N) is 2. The lowest BCUT2D eigenvalue weighted by atomic mass is 10.0. The van der Waals surface area contributed by atoms with Crippen molar-refractivity contribution in [1.29, 1.82) is 0 Å². The number of ether oxygens (including phenoxy) is 1. The second-order valence-electron chi connectivity index (χ2n) is 9.37. The molecule has 6 heteroatoms. The Morgan fingerprint density at radius 3 is 2.76 bits per heavy atom. The van der Waals surface area contributed by atoms with E-state index in [9.17, 15) is 4.79 Å². The van der Waals surface area contributed by atoms with Crippen molar-refractivity contribution in [3.05, 3.63) is 88.9 Å². The summed E-state index contributed by atoms with van der Waals surface area (Å²) >= 11 is 0. The first-order valence-corrected chi connectivity index (χ1v) is 12.2. The fraction of sp³-hybridized carbons (Fsp3) is 0.393. The Labute approximate surface area is 201 Å². The largest absolute Gasteiger partial charge is 0.459 e. The molecule has 2 aliphatic rings. The van der Waals surface area contributed by atoms with Gasteiger partial charge in [0.05, 0.1) is 25.5 Å². The number of carbonyl (C=O) groups excluding carboxylic acids is 1. The molecule has 3 aromatic rings. The van der Waals surface area contributed by atoms with Crippen molar-refractivity contribution >= 4 is 11.6 Å². The Bertz CT molecular complexity index is 1140. The lowest BCUT2D eigenvalue weighted by molar-refractivity contribution is 0.0161. The molecule has 2 aliphatic heterocycles. The summed E-state index contributed by atoms with van der Waals surface area (Å²) < 4.78 is 11.2. The average molecular weight is 460 g/mol. The highest BCUT2D eigenvalue weighted by Crippen LogP contribution is 2.33. The molecular formula is C28H33N3O3. The van der Waals surface area contributed by atoms with E-state index in [1.807, 2.05) is 6.07 Å². The van der Waals surface area contributed by atoms with Gasteiger partial charge < -0.3 is 19.4 Å². The molecule has 1 fully saturated rings. The van der Waals surface area contributed by atoms with Crippen molar-refractivity contribution in [2.45, 2.75) is 38.9 Å². The van der Waals surface area contributed by atoms with Crippen molar-refractivity contribution in [1.82, 2.24) is 10.2 Å². The van der Waals surface area contributed by atoms with E-state index in [4.69, 9.17) is 9.15 Å². The van der Waals surface area contributed by atoms with E-state index in [0.29, 0.717) is 38.1 Å². The Morgan fingerprint density at radius 1 is 1.12 bits per heavy atom. The molecule has 2 unspecified atom stereocenters. The minimum atomic E-state index is -0.161. The smallest absolute Gasteiger partial charge is 0.287 e. The number of furan rings is 1. The van der Waals surface area contributed by atoms with Gasteiger partial charge in [0.25, 0.3) is 5.91 Å². The van der Waals surface area contributed by atoms with Crippen LogP contribution in [0, 0.1) is 6.92 Å². The molecule has 0 radical (unpaired) electrons. The molecule has 1 aromatic heterocycles. The van der Waals surface area contributed by atoms with Gasteiger partial charge in [-0.25, -0.2) is 0 Å². The van der Waals surface area contributed by atoms with Crippen LogP contribution >= 0.6 is 0 Å². The topological polar surface area (TPSA) is 58.0 Å². The van der Waals surface area contributed by atoms with Crippen LogP contribution in [-0.2, 0) is 17.7 Å². The fourth-order valence-electron chi connectivity index (χ4n) is 5.21. The molecule has 1 N–H and O–H groups in total. The van der Waals surface area contributed by atoms with Gasteiger partial charge in [-0.15, -0.1) is 0 Å². The van der Waals surface area contributed by atoms with Gasteiger partial charge in [-0.1, -0.05) is 48.0 Å². The van der Waals surface area contributed by atoms with Gasteiger partial charge in [0.15, 0.2) is 5.76 Å². The molecule has 6 nitrogen and oxygen atoms in total. The molecule has 1 amide bonds. The van der Waals surface area contributed by atoms with E-state index < -0.39 is 0 Å². The average Bonchev–Trinajstić information content (AvgIpc) is 3.44. The van der Waals surface area contributed by atoms with Gasteiger partial charge in [-0.05, 0) is 43.5 Å². The molecule has 5 rings (SSSR count). The van der Waals surface area contributed by atoms with Crippen molar-refractivity contribution < 1.29 is 13.9 Å². The van der Waals surface area contributed by atoms with Crippen molar-refractivity contribution in [2.24, 2.45) is 0 Å². The van der Waals surface area contributed by atoms with E-state index >= 15 is 0 Å². The van der Waals surface area contributed by atoms with Crippen molar-refractivity contribution in [3.8, 4) is 0 Å². The predicted molar refractivity (Wildman–Crippen MR) is 133 cm³/mol. The molecule has 2 atom stereocenters. The van der Waals surface area contributed by atoms with Gasteiger partial charge in [0.2, 0.25) is 0 Å². The molecular weight excluding hydrogens is 426 g/mol. The van der Waals surface area contributed by atoms with Crippen LogP contribution in [0.3, 0.4) is 0 Å². The molecule has 178 valence electrons. The van der Waals surface area contributed by atoms with Crippen LogP contribution in [0.25, 0.3) is 0 Å². The van der Waals surface area contributed by atoms with Crippen molar-refractivity contribution in [2.75, 3.05) is 37.7 Å². The first-order chi connectivity index (χ1) is 16.6. The van der Waals surface area contributed by atoms with Crippen LogP contribution in [0.5, 0.6) is 0 Å². The number of amides is 1. The van der Waals surface area contributed by atoms with Gasteiger partial charge in [0.1, 0.15) is 0 Å². The number of anilines is 1. The summed E-state index contributed by atoms with van der Waals surface area (Å²) in [4.78, 5) is 18.0. The van der Waals surface area contributed by atoms with Gasteiger partial charge >= 0.3 is 0 Å². The van der Waals surface area contributed by atoms with Crippen LogP contribution in [0.1, 0.15) is 45.8 Å². The third-order valence-corrected chi connectivity index (χ3v) is 7.01. The Hall–Kier alpha value is -3.09.